The number of hydrogen-bond acceptors (Lipinski definition) is 3. The second-order valence-corrected chi connectivity index (χ2v) is 4.50. The van der Waals surface area contributed by atoms with Crippen LogP contribution in [-0.2, 0) is 17.6 Å². The number of nitrogens with two attached hydrogens (primary N) is 1. The molecule has 0 atom stereocenters. The third kappa shape index (κ3) is 2.18. The number of fused-ring (bicyclic) bond motifs is 1. The number of hydrogen-bond donors (Lipinski definition) is 1. The third-order valence-corrected chi connectivity index (χ3v) is 3.38. The fourth-order valence-corrected chi connectivity index (χ4v) is 2.39. The van der Waals surface area contributed by atoms with Crippen LogP contribution >= 0.6 is 0 Å². The number of nitrogen functional groups attached to an aromatic ring is 1. The molecule has 0 aliphatic heterocycles. The van der Waals surface area contributed by atoms with Crippen molar-refractivity contribution < 1.29 is 4.74 Å². The first-order valence-electron chi connectivity index (χ1n) is 6.34. The standard InChI is InChI=1S/C15H20N2O/c1-4-12-10(2)17-15-11(8-9-18-3)6-5-7-13(15)14(12)16/h5-7H,4,8-9H2,1-3H3,(H2,16,17). The van der Waals surface area contributed by atoms with Gasteiger partial charge in [-0.25, -0.2) is 0 Å². The molecule has 1 aromatic heterocycles. The number of para-hydroxylation sites is 1. The lowest BCUT2D eigenvalue weighted by atomic mass is 10.0. The average Bonchev–Trinajstić information content (AvgIpc) is 2.37. The van der Waals surface area contributed by atoms with Crippen LogP contribution in [0.4, 0.5) is 5.69 Å². The lowest BCUT2D eigenvalue weighted by Crippen LogP contribution is -2.03. The van der Waals surface area contributed by atoms with Crippen LogP contribution in [0.3, 0.4) is 0 Å². The van der Waals surface area contributed by atoms with Gasteiger partial charge in [0.1, 0.15) is 0 Å². The topological polar surface area (TPSA) is 48.1 Å². The fraction of sp³-hybridized carbons (Fsp3) is 0.400. The highest BCUT2D eigenvalue weighted by molar-refractivity contribution is 5.94. The molecule has 0 saturated heterocycles. The average molecular weight is 244 g/mol. The van der Waals surface area contributed by atoms with Crippen molar-refractivity contribution >= 4 is 16.6 Å². The van der Waals surface area contributed by atoms with Gasteiger partial charge >= 0.3 is 0 Å². The number of nitrogens with zero attached hydrogens (tertiary/aromatic N) is 1. The van der Waals surface area contributed by atoms with Crippen molar-refractivity contribution in [1.82, 2.24) is 4.98 Å². The van der Waals surface area contributed by atoms with Crippen molar-refractivity contribution in [1.29, 1.82) is 0 Å². The van der Waals surface area contributed by atoms with Crippen LogP contribution < -0.4 is 5.73 Å². The lowest BCUT2D eigenvalue weighted by Gasteiger charge is -2.13. The number of ether oxygens (including phenoxy) is 1. The van der Waals surface area contributed by atoms with Gasteiger partial charge in [-0.1, -0.05) is 25.1 Å². The van der Waals surface area contributed by atoms with Crippen molar-refractivity contribution in [3.63, 3.8) is 0 Å². The molecule has 0 aliphatic carbocycles. The molecule has 0 unspecified atom stereocenters. The van der Waals surface area contributed by atoms with Crippen LogP contribution in [0.2, 0.25) is 0 Å². The highest BCUT2D eigenvalue weighted by Crippen LogP contribution is 2.28. The first-order valence-corrected chi connectivity index (χ1v) is 6.34. The number of aromatic nitrogens is 1. The highest BCUT2D eigenvalue weighted by atomic mass is 16.5. The molecule has 96 valence electrons. The molecule has 0 radical (unpaired) electrons. The number of benzene rings is 1. The minimum absolute atomic E-state index is 0.704. The molecule has 3 nitrogen and oxygen atoms in total. The number of anilines is 1. The van der Waals surface area contributed by atoms with Gasteiger partial charge in [-0.15, -0.1) is 0 Å². The molecule has 18 heavy (non-hydrogen) atoms. The molecular weight excluding hydrogens is 224 g/mol. The van der Waals surface area contributed by atoms with Gasteiger partial charge in [0.05, 0.1) is 12.1 Å². The van der Waals surface area contributed by atoms with E-state index in [0.717, 1.165) is 40.7 Å². The normalized spacial score (nSPS) is 11.1. The van der Waals surface area contributed by atoms with Gasteiger partial charge in [0.15, 0.2) is 0 Å². The molecule has 0 fully saturated rings. The minimum Gasteiger partial charge on any atom is -0.398 e. The Balaban J connectivity index is 2.63. The van der Waals surface area contributed by atoms with Gasteiger partial charge in [0.2, 0.25) is 0 Å². The molecule has 0 saturated carbocycles. The Bertz CT molecular complexity index is 564. The van der Waals surface area contributed by atoms with Crippen molar-refractivity contribution in [3.05, 3.63) is 35.0 Å². The van der Waals surface area contributed by atoms with Crippen LogP contribution in [0.25, 0.3) is 10.9 Å². The predicted octanol–water partition coefficient (Wildman–Crippen LogP) is 2.88. The molecule has 0 amide bonds. The van der Waals surface area contributed by atoms with E-state index >= 15 is 0 Å². The summed E-state index contributed by atoms with van der Waals surface area (Å²) in [4.78, 5) is 4.72. The molecule has 3 heteroatoms. The Labute approximate surface area is 108 Å². The van der Waals surface area contributed by atoms with Gasteiger partial charge in [-0.05, 0) is 30.9 Å². The maximum absolute atomic E-state index is 6.26. The Morgan fingerprint density at radius 2 is 2.11 bits per heavy atom. The smallest absolute Gasteiger partial charge is 0.0758 e. The molecule has 1 aromatic carbocycles. The van der Waals surface area contributed by atoms with E-state index in [1.54, 1.807) is 7.11 Å². The summed E-state index contributed by atoms with van der Waals surface area (Å²) in [5.74, 6) is 0. The van der Waals surface area contributed by atoms with Crippen LogP contribution in [0.15, 0.2) is 18.2 Å². The predicted molar refractivity (Wildman–Crippen MR) is 75.9 cm³/mol. The molecule has 2 rings (SSSR count). The zero-order valence-electron chi connectivity index (χ0n) is 11.3. The maximum Gasteiger partial charge on any atom is 0.0758 e. The Morgan fingerprint density at radius 1 is 1.33 bits per heavy atom. The summed E-state index contributed by atoms with van der Waals surface area (Å²) in [5, 5.41) is 1.06. The first kappa shape index (κ1) is 12.8. The largest absolute Gasteiger partial charge is 0.398 e. The van der Waals surface area contributed by atoms with Gasteiger partial charge in [-0.3, -0.25) is 4.98 Å². The van der Waals surface area contributed by atoms with E-state index in [1.807, 2.05) is 19.1 Å². The van der Waals surface area contributed by atoms with Crippen molar-refractivity contribution in [2.45, 2.75) is 26.7 Å². The Morgan fingerprint density at radius 3 is 2.78 bits per heavy atom. The van der Waals surface area contributed by atoms with Crippen LogP contribution in [-0.4, -0.2) is 18.7 Å². The van der Waals surface area contributed by atoms with E-state index in [0.29, 0.717) is 6.61 Å². The molecule has 0 spiro atoms. The van der Waals surface area contributed by atoms with Crippen LogP contribution in [0.5, 0.6) is 0 Å². The van der Waals surface area contributed by atoms with Crippen LogP contribution in [0, 0.1) is 6.92 Å². The second kappa shape index (κ2) is 5.36. The van der Waals surface area contributed by atoms with Gasteiger partial charge in [-0.2, -0.15) is 0 Å². The van der Waals surface area contributed by atoms with Gasteiger partial charge in [0, 0.05) is 23.9 Å². The second-order valence-electron chi connectivity index (χ2n) is 4.50. The zero-order valence-corrected chi connectivity index (χ0v) is 11.3. The zero-order chi connectivity index (χ0) is 13.1. The summed E-state index contributed by atoms with van der Waals surface area (Å²) in [7, 11) is 1.72. The summed E-state index contributed by atoms with van der Waals surface area (Å²) in [6.45, 7) is 4.85. The Kier molecular flexibility index (Phi) is 3.82. The molecule has 0 bridgehead atoms. The summed E-state index contributed by atoms with van der Waals surface area (Å²) in [5.41, 5.74) is 11.5. The Hall–Kier alpha value is -1.61. The summed E-state index contributed by atoms with van der Waals surface area (Å²) < 4.78 is 5.14. The first-order chi connectivity index (χ1) is 8.69. The summed E-state index contributed by atoms with van der Waals surface area (Å²) in [6.07, 6.45) is 1.79. The fourth-order valence-electron chi connectivity index (χ4n) is 2.39. The van der Waals surface area contributed by atoms with E-state index in [-0.39, 0.29) is 0 Å². The highest BCUT2D eigenvalue weighted by Gasteiger charge is 2.11. The number of methoxy groups -OCH3 is 1. The summed E-state index contributed by atoms with van der Waals surface area (Å²) in [6, 6.07) is 6.19. The number of rotatable bonds is 4. The molecule has 1 heterocycles. The molecule has 0 aliphatic rings. The molecule has 2 aromatic rings. The summed E-state index contributed by atoms with van der Waals surface area (Å²) >= 11 is 0. The van der Waals surface area contributed by atoms with E-state index in [2.05, 4.69) is 13.0 Å². The van der Waals surface area contributed by atoms with Gasteiger partial charge in [0.25, 0.3) is 0 Å². The van der Waals surface area contributed by atoms with Crippen LogP contribution in [0.1, 0.15) is 23.7 Å². The van der Waals surface area contributed by atoms with Crippen molar-refractivity contribution in [2.24, 2.45) is 0 Å². The van der Waals surface area contributed by atoms with Gasteiger partial charge < -0.3 is 10.5 Å². The van der Waals surface area contributed by atoms with E-state index in [4.69, 9.17) is 15.5 Å². The van der Waals surface area contributed by atoms with E-state index in [9.17, 15) is 0 Å². The monoisotopic (exact) mass is 244 g/mol. The molecule has 2 N–H and O–H groups in total. The van der Waals surface area contributed by atoms with E-state index < -0.39 is 0 Å². The maximum atomic E-state index is 6.26. The third-order valence-electron chi connectivity index (χ3n) is 3.38. The van der Waals surface area contributed by atoms with E-state index in [1.165, 1.54) is 5.56 Å². The molecular formula is C15H20N2O. The minimum atomic E-state index is 0.704. The number of aryl methyl sites for hydroxylation is 1. The van der Waals surface area contributed by atoms with Crippen molar-refractivity contribution in [3.8, 4) is 0 Å². The van der Waals surface area contributed by atoms with Crippen molar-refractivity contribution in [2.75, 3.05) is 19.5 Å². The number of pyridine rings is 1. The SMILES string of the molecule is CCc1c(C)nc2c(CCOC)cccc2c1N. The lowest BCUT2D eigenvalue weighted by molar-refractivity contribution is 0.202. The quantitative estimate of drug-likeness (QED) is 0.899.